The first-order chi connectivity index (χ1) is 15.2. The zero-order valence-electron chi connectivity index (χ0n) is 17.5. The fourth-order valence-corrected chi connectivity index (χ4v) is 4.18. The Morgan fingerprint density at radius 3 is 2.84 bits per heavy atom. The Bertz CT molecular complexity index is 1110. The van der Waals surface area contributed by atoms with E-state index < -0.39 is 5.97 Å². The number of H-pyrrole nitrogens is 1. The second kappa shape index (κ2) is 8.02. The van der Waals surface area contributed by atoms with Gasteiger partial charge in [-0.1, -0.05) is 18.2 Å². The average molecular weight is 419 g/mol. The molecule has 5 rings (SSSR count). The first kappa shape index (κ1) is 19.5. The molecule has 1 N–H and O–H groups in total. The highest BCUT2D eigenvalue weighted by molar-refractivity contribution is 6.00. The van der Waals surface area contributed by atoms with Gasteiger partial charge in [-0.25, -0.2) is 9.78 Å². The van der Waals surface area contributed by atoms with Crippen molar-refractivity contribution in [1.82, 2.24) is 24.6 Å². The number of aromatic amines is 1. The van der Waals surface area contributed by atoms with Gasteiger partial charge < -0.3 is 14.6 Å². The molecule has 2 aromatic heterocycles. The Hall–Kier alpha value is -3.42. The van der Waals surface area contributed by atoms with E-state index in [-0.39, 0.29) is 5.91 Å². The summed E-state index contributed by atoms with van der Waals surface area (Å²) in [5, 5.41) is 4.60. The molecule has 0 bridgehead atoms. The number of benzene rings is 1. The van der Waals surface area contributed by atoms with E-state index in [2.05, 4.69) is 15.1 Å². The van der Waals surface area contributed by atoms with Crippen LogP contribution in [0.2, 0.25) is 0 Å². The van der Waals surface area contributed by atoms with Crippen molar-refractivity contribution in [2.75, 3.05) is 13.2 Å². The van der Waals surface area contributed by atoms with E-state index in [1.54, 1.807) is 24.2 Å². The number of carbonyl (C=O) groups excluding carboxylic acids is 2. The second-order valence-corrected chi connectivity index (χ2v) is 8.08. The van der Waals surface area contributed by atoms with Crippen molar-refractivity contribution in [2.24, 2.45) is 5.92 Å². The molecule has 2 aliphatic rings. The lowest BCUT2D eigenvalue weighted by Gasteiger charge is -2.28. The number of fused-ring (bicyclic) bond motifs is 1. The Kier molecular flexibility index (Phi) is 5.05. The highest BCUT2D eigenvalue weighted by atomic mass is 16.5. The summed E-state index contributed by atoms with van der Waals surface area (Å²) in [4.78, 5) is 35.2. The van der Waals surface area contributed by atoms with E-state index in [0.717, 1.165) is 23.4 Å². The van der Waals surface area contributed by atoms with Gasteiger partial charge in [0.15, 0.2) is 5.69 Å². The Labute approximate surface area is 180 Å². The molecule has 1 saturated carbocycles. The highest BCUT2D eigenvalue weighted by Crippen LogP contribution is 2.33. The number of esters is 1. The van der Waals surface area contributed by atoms with Gasteiger partial charge in [0.1, 0.15) is 5.82 Å². The summed E-state index contributed by atoms with van der Waals surface area (Å²) in [6.45, 7) is 3.84. The van der Waals surface area contributed by atoms with Crippen molar-refractivity contribution >= 4 is 11.9 Å². The fourth-order valence-electron chi connectivity index (χ4n) is 4.18. The molecule has 8 nitrogen and oxygen atoms in total. The van der Waals surface area contributed by atoms with Crippen LogP contribution in [-0.4, -0.2) is 49.7 Å². The van der Waals surface area contributed by atoms with Gasteiger partial charge in [0, 0.05) is 48.7 Å². The van der Waals surface area contributed by atoms with Crippen LogP contribution in [0.5, 0.6) is 0 Å². The summed E-state index contributed by atoms with van der Waals surface area (Å²) >= 11 is 0. The fraction of sp³-hybridized carbons (Fsp3) is 0.391. The largest absolute Gasteiger partial charge is 0.461 e. The molecule has 1 fully saturated rings. The minimum absolute atomic E-state index is 0.0811. The molecule has 0 spiro atoms. The third-order valence-corrected chi connectivity index (χ3v) is 5.93. The number of aromatic nitrogens is 4. The highest BCUT2D eigenvalue weighted by Gasteiger charge is 2.33. The number of imidazole rings is 1. The number of rotatable bonds is 6. The van der Waals surface area contributed by atoms with E-state index in [4.69, 9.17) is 4.74 Å². The molecule has 31 heavy (non-hydrogen) atoms. The molecule has 1 aromatic carbocycles. The van der Waals surface area contributed by atoms with Crippen LogP contribution in [0.1, 0.15) is 51.9 Å². The maximum atomic E-state index is 13.5. The SMILES string of the molecule is CCOC(=O)c1nn(CC2CC2)c2c1CN(C(=O)c1ccccc1-c1ncc[nH]1)CC2. The number of nitrogens with zero attached hydrogens (tertiary/aromatic N) is 4. The van der Waals surface area contributed by atoms with E-state index in [0.29, 0.717) is 49.1 Å². The van der Waals surface area contributed by atoms with Crippen molar-refractivity contribution in [3.8, 4) is 11.4 Å². The summed E-state index contributed by atoms with van der Waals surface area (Å²) in [5.41, 5.74) is 3.56. The van der Waals surface area contributed by atoms with Crippen molar-refractivity contribution in [1.29, 1.82) is 0 Å². The normalized spacial score (nSPS) is 15.6. The molecule has 0 unspecified atom stereocenters. The quantitative estimate of drug-likeness (QED) is 0.620. The van der Waals surface area contributed by atoms with Crippen LogP contribution in [0.15, 0.2) is 36.7 Å². The van der Waals surface area contributed by atoms with Crippen molar-refractivity contribution in [3.05, 3.63) is 59.2 Å². The lowest BCUT2D eigenvalue weighted by molar-refractivity contribution is 0.0513. The number of hydrogen-bond acceptors (Lipinski definition) is 5. The number of amides is 1. The monoisotopic (exact) mass is 419 g/mol. The van der Waals surface area contributed by atoms with E-state index in [1.165, 1.54) is 12.8 Å². The summed E-state index contributed by atoms with van der Waals surface area (Å²) in [6, 6.07) is 7.45. The Morgan fingerprint density at radius 2 is 2.10 bits per heavy atom. The number of ether oxygens (including phenoxy) is 1. The molecule has 1 aliphatic carbocycles. The molecule has 3 aromatic rings. The van der Waals surface area contributed by atoms with Gasteiger partial charge in [0.2, 0.25) is 0 Å². The van der Waals surface area contributed by atoms with Gasteiger partial charge in [-0.05, 0) is 31.7 Å². The number of hydrogen-bond donors (Lipinski definition) is 1. The maximum Gasteiger partial charge on any atom is 0.359 e. The molecule has 0 atom stereocenters. The van der Waals surface area contributed by atoms with Crippen LogP contribution >= 0.6 is 0 Å². The standard InChI is InChI=1S/C23H25N5O3/c1-2-31-23(30)20-18-14-27(12-9-19(18)28(26-20)13-15-7-8-15)22(29)17-6-4-3-5-16(17)21-24-10-11-25-21/h3-6,10-11,15H,2,7-9,12-14H2,1H3,(H,24,25). The van der Waals surface area contributed by atoms with Crippen molar-refractivity contribution in [3.63, 3.8) is 0 Å². The predicted molar refractivity (Wildman–Crippen MR) is 113 cm³/mol. The van der Waals surface area contributed by atoms with Crippen LogP contribution < -0.4 is 0 Å². The number of carbonyl (C=O) groups is 2. The van der Waals surface area contributed by atoms with Gasteiger partial charge >= 0.3 is 5.97 Å². The molecule has 1 aliphatic heterocycles. The molecule has 3 heterocycles. The summed E-state index contributed by atoms with van der Waals surface area (Å²) in [6.07, 6.45) is 6.49. The van der Waals surface area contributed by atoms with Crippen molar-refractivity contribution < 1.29 is 14.3 Å². The zero-order valence-corrected chi connectivity index (χ0v) is 17.5. The smallest absolute Gasteiger partial charge is 0.359 e. The average Bonchev–Trinajstić information content (AvgIpc) is 3.30. The Balaban J connectivity index is 1.46. The minimum atomic E-state index is -0.418. The van der Waals surface area contributed by atoms with Gasteiger partial charge in [0.05, 0.1) is 18.7 Å². The molecule has 1 amide bonds. The second-order valence-electron chi connectivity index (χ2n) is 8.08. The molecule has 160 valence electrons. The first-order valence-corrected chi connectivity index (χ1v) is 10.8. The zero-order chi connectivity index (χ0) is 21.4. The van der Waals surface area contributed by atoms with Crippen LogP contribution in [-0.2, 0) is 24.2 Å². The topological polar surface area (TPSA) is 93.1 Å². The summed E-state index contributed by atoms with van der Waals surface area (Å²) in [7, 11) is 0. The third-order valence-electron chi connectivity index (χ3n) is 5.93. The predicted octanol–water partition coefficient (Wildman–Crippen LogP) is 3.06. The maximum absolute atomic E-state index is 13.5. The lowest BCUT2D eigenvalue weighted by atomic mass is 10.0. The number of nitrogens with one attached hydrogen (secondary N) is 1. The molecule has 8 heteroatoms. The van der Waals surface area contributed by atoms with Crippen LogP contribution in [0.4, 0.5) is 0 Å². The van der Waals surface area contributed by atoms with E-state index in [9.17, 15) is 9.59 Å². The van der Waals surface area contributed by atoms with Gasteiger partial charge in [-0.15, -0.1) is 0 Å². The molecular formula is C23H25N5O3. The molecule has 0 radical (unpaired) electrons. The van der Waals surface area contributed by atoms with Crippen molar-refractivity contribution in [2.45, 2.75) is 39.3 Å². The van der Waals surface area contributed by atoms with Crippen LogP contribution in [0, 0.1) is 5.92 Å². The molecular weight excluding hydrogens is 394 g/mol. The first-order valence-electron chi connectivity index (χ1n) is 10.8. The van der Waals surface area contributed by atoms with Gasteiger partial charge in [-0.2, -0.15) is 5.10 Å². The van der Waals surface area contributed by atoms with Crippen LogP contribution in [0.25, 0.3) is 11.4 Å². The van der Waals surface area contributed by atoms with E-state index in [1.807, 2.05) is 28.9 Å². The van der Waals surface area contributed by atoms with E-state index >= 15 is 0 Å². The summed E-state index contributed by atoms with van der Waals surface area (Å²) < 4.78 is 7.22. The van der Waals surface area contributed by atoms with Gasteiger partial charge in [-0.3, -0.25) is 9.48 Å². The van der Waals surface area contributed by atoms with Crippen LogP contribution in [0.3, 0.4) is 0 Å². The van der Waals surface area contributed by atoms with Gasteiger partial charge in [0.25, 0.3) is 5.91 Å². The molecule has 0 saturated heterocycles. The third kappa shape index (κ3) is 3.73. The minimum Gasteiger partial charge on any atom is -0.461 e. The Morgan fingerprint density at radius 1 is 1.26 bits per heavy atom. The summed E-state index contributed by atoms with van der Waals surface area (Å²) in [5.74, 6) is 0.797. The lowest BCUT2D eigenvalue weighted by Crippen LogP contribution is -2.37.